The highest BCUT2D eigenvalue weighted by Gasteiger charge is 2.24. The van der Waals surface area contributed by atoms with Gasteiger partial charge < -0.3 is 9.64 Å². The van der Waals surface area contributed by atoms with Gasteiger partial charge in [0.2, 0.25) is 0 Å². The zero-order valence-electron chi connectivity index (χ0n) is 12.8. The normalized spacial score (nSPS) is 25.4. The van der Waals surface area contributed by atoms with Gasteiger partial charge in [-0.3, -0.25) is 4.90 Å². The molecule has 1 aromatic rings. The lowest BCUT2D eigenvalue weighted by Crippen LogP contribution is -2.46. The number of benzene rings is 1. The standard InChI is InChI=1S/C16H25ClN2O/c1-12-9-19(10-13(2)20-12)11-16(17)14-5-7-15(8-6-14)18(3)4/h5-8,12-13,16H,9-11H2,1-4H3. The molecule has 1 heterocycles. The second kappa shape index (κ2) is 6.79. The van der Waals surface area contributed by atoms with E-state index in [9.17, 15) is 0 Å². The topological polar surface area (TPSA) is 15.7 Å². The molecule has 0 N–H and O–H groups in total. The SMILES string of the molecule is CC1CN(CC(Cl)c2ccc(N(C)C)cc2)CC(C)O1. The van der Waals surface area contributed by atoms with Gasteiger partial charge in [0.25, 0.3) is 0 Å². The van der Waals surface area contributed by atoms with Gasteiger partial charge in [-0.25, -0.2) is 0 Å². The van der Waals surface area contributed by atoms with Gasteiger partial charge in [-0.05, 0) is 31.5 Å². The molecule has 3 atom stereocenters. The van der Waals surface area contributed by atoms with Crippen molar-refractivity contribution in [3.8, 4) is 0 Å². The molecule has 0 saturated carbocycles. The molecule has 1 aliphatic rings. The van der Waals surface area contributed by atoms with Crippen LogP contribution in [-0.2, 0) is 4.74 Å². The molecule has 0 radical (unpaired) electrons. The number of hydrogen-bond acceptors (Lipinski definition) is 3. The smallest absolute Gasteiger partial charge is 0.0712 e. The Balaban J connectivity index is 1.95. The Morgan fingerprint density at radius 1 is 1.20 bits per heavy atom. The van der Waals surface area contributed by atoms with Crippen molar-refractivity contribution in [3.05, 3.63) is 29.8 Å². The van der Waals surface area contributed by atoms with Crippen molar-refractivity contribution < 1.29 is 4.74 Å². The Bertz CT molecular complexity index is 411. The minimum absolute atomic E-state index is 0.0312. The molecule has 1 fully saturated rings. The molecule has 2 rings (SSSR count). The Morgan fingerprint density at radius 2 is 1.75 bits per heavy atom. The van der Waals surface area contributed by atoms with E-state index in [1.807, 2.05) is 14.1 Å². The van der Waals surface area contributed by atoms with E-state index in [2.05, 4.69) is 47.9 Å². The van der Waals surface area contributed by atoms with Crippen LogP contribution in [0, 0.1) is 0 Å². The highest BCUT2D eigenvalue weighted by Crippen LogP contribution is 2.25. The van der Waals surface area contributed by atoms with Gasteiger partial charge >= 0.3 is 0 Å². The van der Waals surface area contributed by atoms with Gasteiger partial charge in [0, 0.05) is 39.4 Å². The maximum atomic E-state index is 6.57. The van der Waals surface area contributed by atoms with Gasteiger partial charge in [0.05, 0.1) is 17.6 Å². The van der Waals surface area contributed by atoms with Crippen LogP contribution in [0.25, 0.3) is 0 Å². The monoisotopic (exact) mass is 296 g/mol. The first-order valence-corrected chi connectivity index (χ1v) is 7.68. The minimum atomic E-state index is 0.0312. The van der Waals surface area contributed by atoms with Crippen LogP contribution in [0.3, 0.4) is 0 Å². The first-order valence-electron chi connectivity index (χ1n) is 7.25. The molecule has 4 heteroatoms. The summed E-state index contributed by atoms with van der Waals surface area (Å²) in [5.74, 6) is 0. The molecular weight excluding hydrogens is 272 g/mol. The summed E-state index contributed by atoms with van der Waals surface area (Å²) >= 11 is 6.57. The molecule has 0 bridgehead atoms. The molecule has 1 aliphatic heterocycles. The van der Waals surface area contributed by atoms with Crippen molar-refractivity contribution in [2.75, 3.05) is 38.6 Å². The summed E-state index contributed by atoms with van der Waals surface area (Å²) in [6.07, 6.45) is 0.581. The Kier molecular flexibility index (Phi) is 5.30. The number of ether oxygens (including phenoxy) is 1. The first-order chi connectivity index (χ1) is 9.45. The van der Waals surface area contributed by atoms with E-state index in [0.717, 1.165) is 19.6 Å². The van der Waals surface area contributed by atoms with Crippen molar-refractivity contribution in [1.29, 1.82) is 0 Å². The molecule has 3 nitrogen and oxygen atoms in total. The molecule has 3 unspecified atom stereocenters. The molecule has 0 aliphatic carbocycles. The number of halogens is 1. The molecule has 0 amide bonds. The maximum absolute atomic E-state index is 6.57. The van der Waals surface area contributed by atoms with Gasteiger partial charge in [0.15, 0.2) is 0 Å². The van der Waals surface area contributed by atoms with Crippen LogP contribution in [-0.4, -0.2) is 50.8 Å². The van der Waals surface area contributed by atoms with E-state index in [4.69, 9.17) is 16.3 Å². The van der Waals surface area contributed by atoms with Crippen molar-refractivity contribution in [3.63, 3.8) is 0 Å². The van der Waals surface area contributed by atoms with E-state index in [1.54, 1.807) is 0 Å². The lowest BCUT2D eigenvalue weighted by molar-refractivity contribution is -0.0678. The molecular formula is C16H25ClN2O. The van der Waals surface area contributed by atoms with Crippen molar-refractivity contribution in [2.45, 2.75) is 31.4 Å². The third-order valence-electron chi connectivity index (χ3n) is 3.68. The first kappa shape index (κ1) is 15.6. The van der Waals surface area contributed by atoms with E-state index in [0.29, 0.717) is 12.2 Å². The highest BCUT2D eigenvalue weighted by atomic mass is 35.5. The Labute approximate surface area is 127 Å². The van der Waals surface area contributed by atoms with Crippen LogP contribution in [0.4, 0.5) is 5.69 Å². The second-order valence-electron chi connectivity index (χ2n) is 5.93. The lowest BCUT2D eigenvalue weighted by Gasteiger charge is -2.36. The Hall–Kier alpha value is -0.770. The summed E-state index contributed by atoms with van der Waals surface area (Å²) in [7, 11) is 4.09. The van der Waals surface area contributed by atoms with Crippen LogP contribution in [0.5, 0.6) is 0 Å². The van der Waals surface area contributed by atoms with E-state index in [1.165, 1.54) is 11.3 Å². The minimum Gasteiger partial charge on any atom is -0.378 e. The summed E-state index contributed by atoms with van der Waals surface area (Å²) < 4.78 is 5.76. The van der Waals surface area contributed by atoms with E-state index in [-0.39, 0.29) is 5.38 Å². The maximum Gasteiger partial charge on any atom is 0.0712 e. The lowest BCUT2D eigenvalue weighted by atomic mass is 10.1. The number of nitrogens with zero attached hydrogens (tertiary/aromatic N) is 2. The number of hydrogen-bond donors (Lipinski definition) is 0. The predicted octanol–water partition coefficient (Wildman–Crippen LogP) is 3.14. The van der Waals surface area contributed by atoms with Crippen LogP contribution in [0.2, 0.25) is 0 Å². The summed E-state index contributed by atoms with van der Waals surface area (Å²) in [6.45, 7) is 7.04. The molecule has 1 aromatic carbocycles. The van der Waals surface area contributed by atoms with Gasteiger partial charge in [-0.15, -0.1) is 11.6 Å². The third-order valence-corrected chi connectivity index (χ3v) is 4.07. The third kappa shape index (κ3) is 4.11. The summed E-state index contributed by atoms with van der Waals surface area (Å²) in [5, 5.41) is 0.0312. The molecule has 0 spiro atoms. The van der Waals surface area contributed by atoms with Gasteiger partial charge in [0.1, 0.15) is 0 Å². The summed E-state index contributed by atoms with van der Waals surface area (Å²) in [4.78, 5) is 4.49. The fraction of sp³-hybridized carbons (Fsp3) is 0.625. The molecule has 0 aromatic heterocycles. The second-order valence-corrected chi connectivity index (χ2v) is 6.46. The van der Waals surface area contributed by atoms with Crippen LogP contribution < -0.4 is 4.90 Å². The number of morpholine rings is 1. The van der Waals surface area contributed by atoms with Crippen LogP contribution in [0.15, 0.2) is 24.3 Å². The summed E-state index contributed by atoms with van der Waals surface area (Å²) in [6, 6.07) is 8.49. The van der Waals surface area contributed by atoms with Crippen molar-refractivity contribution in [2.24, 2.45) is 0 Å². The van der Waals surface area contributed by atoms with Gasteiger partial charge in [-0.2, -0.15) is 0 Å². The largest absolute Gasteiger partial charge is 0.378 e. The zero-order chi connectivity index (χ0) is 14.7. The van der Waals surface area contributed by atoms with Crippen LogP contribution in [0.1, 0.15) is 24.8 Å². The zero-order valence-corrected chi connectivity index (χ0v) is 13.6. The highest BCUT2D eigenvalue weighted by molar-refractivity contribution is 6.21. The number of anilines is 1. The fourth-order valence-electron chi connectivity index (χ4n) is 2.75. The fourth-order valence-corrected chi connectivity index (χ4v) is 3.09. The molecule has 112 valence electrons. The average Bonchev–Trinajstić information content (AvgIpc) is 2.37. The molecule has 1 saturated heterocycles. The number of alkyl halides is 1. The van der Waals surface area contributed by atoms with Crippen molar-refractivity contribution in [1.82, 2.24) is 4.90 Å². The average molecular weight is 297 g/mol. The van der Waals surface area contributed by atoms with Crippen LogP contribution >= 0.6 is 11.6 Å². The van der Waals surface area contributed by atoms with Crippen molar-refractivity contribution >= 4 is 17.3 Å². The van der Waals surface area contributed by atoms with E-state index >= 15 is 0 Å². The predicted molar refractivity (Wildman–Crippen MR) is 85.8 cm³/mol. The van der Waals surface area contributed by atoms with E-state index < -0.39 is 0 Å². The number of rotatable bonds is 4. The summed E-state index contributed by atoms with van der Waals surface area (Å²) in [5.41, 5.74) is 2.38. The molecule has 20 heavy (non-hydrogen) atoms. The van der Waals surface area contributed by atoms with Gasteiger partial charge in [-0.1, -0.05) is 12.1 Å². The quantitative estimate of drug-likeness (QED) is 0.794. The Morgan fingerprint density at radius 3 is 2.25 bits per heavy atom.